The fraction of sp³-hybridized carbons (Fsp3) is 1.00. The van der Waals surface area contributed by atoms with Crippen molar-refractivity contribution >= 4 is 11.6 Å². The Balaban J connectivity index is 1.36. The van der Waals surface area contributed by atoms with Gasteiger partial charge in [0.15, 0.2) is 0 Å². The van der Waals surface area contributed by atoms with Crippen LogP contribution in [0.4, 0.5) is 0 Å². The largest absolute Gasteiger partial charge is 0.377 e. The fourth-order valence-corrected chi connectivity index (χ4v) is 5.53. The van der Waals surface area contributed by atoms with Crippen LogP contribution in [0.5, 0.6) is 0 Å². The predicted molar refractivity (Wildman–Crippen MR) is 96.9 cm³/mol. The van der Waals surface area contributed by atoms with Gasteiger partial charge < -0.3 is 10.1 Å². The Labute approximate surface area is 151 Å². The first-order chi connectivity index (χ1) is 11.8. The van der Waals surface area contributed by atoms with E-state index >= 15 is 0 Å². The molecule has 4 rings (SSSR count). The summed E-state index contributed by atoms with van der Waals surface area (Å²) in [6.07, 6.45) is 9.33. The Morgan fingerprint density at radius 3 is 2.67 bits per heavy atom. The van der Waals surface area contributed by atoms with E-state index in [1.807, 2.05) is 0 Å². The molecule has 0 aromatic carbocycles. The highest BCUT2D eigenvalue weighted by Crippen LogP contribution is 2.37. The van der Waals surface area contributed by atoms with Crippen molar-refractivity contribution in [3.05, 3.63) is 0 Å². The molecule has 5 nitrogen and oxygen atoms in total. The summed E-state index contributed by atoms with van der Waals surface area (Å²) in [6.45, 7) is 4.19. The molecule has 4 aliphatic rings. The normalized spacial score (nSPS) is 46.6. The molecule has 1 saturated carbocycles. The topological polar surface area (TPSA) is 57.3 Å². The van der Waals surface area contributed by atoms with Crippen LogP contribution in [-0.4, -0.2) is 49.9 Å². The van der Waals surface area contributed by atoms with E-state index in [0.717, 1.165) is 32.2 Å². The van der Waals surface area contributed by atoms with E-state index < -0.39 is 0 Å². The summed E-state index contributed by atoms with van der Waals surface area (Å²) in [4.78, 5) is 0. The second-order valence-electron chi connectivity index (χ2n) is 8.17. The first-order valence-corrected chi connectivity index (χ1v) is 10.5. The third-order valence-electron chi connectivity index (χ3n) is 6.68. The van der Waals surface area contributed by atoms with Gasteiger partial charge in [0.2, 0.25) is 0 Å². The standard InChI is InChI=1S/C18H33ClN4O/c19-13-5-3-12(4-6-13)17-16-11-20-8-7-15(16)18(23-22-17)21-10-14-2-1-9-24-14/h12-18,20-23H,1-11H2/t12?,13?,14-,15?,16?,17?,18?/m1/s1. The average molecular weight is 357 g/mol. The monoisotopic (exact) mass is 356 g/mol. The van der Waals surface area contributed by atoms with Crippen molar-refractivity contribution in [3.63, 3.8) is 0 Å². The van der Waals surface area contributed by atoms with E-state index in [2.05, 4.69) is 21.5 Å². The maximum atomic E-state index is 6.31. The number of nitrogens with one attached hydrogen (secondary N) is 4. The van der Waals surface area contributed by atoms with E-state index in [-0.39, 0.29) is 0 Å². The van der Waals surface area contributed by atoms with Gasteiger partial charge in [-0.05, 0) is 75.8 Å². The minimum absolute atomic E-state index is 0.363. The zero-order valence-electron chi connectivity index (χ0n) is 14.6. The van der Waals surface area contributed by atoms with Gasteiger partial charge in [-0.25, -0.2) is 5.43 Å². The molecule has 0 radical (unpaired) electrons. The molecule has 0 bridgehead atoms. The Kier molecular flexibility index (Phi) is 5.97. The van der Waals surface area contributed by atoms with Gasteiger partial charge >= 0.3 is 0 Å². The Hall–Kier alpha value is 0.0900. The number of ether oxygens (including phenoxy) is 1. The second kappa shape index (κ2) is 8.19. The fourth-order valence-electron chi connectivity index (χ4n) is 5.28. The van der Waals surface area contributed by atoms with Gasteiger partial charge in [0.25, 0.3) is 0 Å². The summed E-state index contributed by atoms with van der Waals surface area (Å²) in [6, 6.07) is 0.577. The van der Waals surface area contributed by atoms with Gasteiger partial charge in [-0.1, -0.05) is 0 Å². The highest BCUT2D eigenvalue weighted by Gasteiger charge is 2.44. The molecule has 4 fully saturated rings. The predicted octanol–water partition coefficient (Wildman–Crippen LogP) is 1.58. The number of hydrogen-bond donors (Lipinski definition) is 4. The molecule has 0 aromatic heterocycles. The molecular weight excluding hydrogens is 324 g/mol. The quantitative estimate of drug-likeness (QED) is 0.576. The van der Waals surface area contributed by atoms with Crippen molar-refractivity contribution in [1.29, 1.82) is 0 Å². The SMILES string of the molecule is ClC1CCC(C2NNC(NC[C@H]3CCCO3)C3CCNCC32)CC1. The van der Waals surface area contributed by atoms with E-state index in [1.54, 1.807) is 0 Å². The van der Waals surface area contributed by atoms with Crippen molar-refractivity contribution in [2.75, 3.05) is 26.2 Å². The van der Waals surface area contributed by atoms with Crippen molar-refractivity contribution in [2.24, 2.45) is 17.8 Å². The number of rotatable bonds is 4. The lowest BCUT2D eigenvalue weighted by Crippen LogP contribution is -2.70. The molecule has 0 spiro atoms. The number of hydrogen-bond acceptors (Lipinski definition) is 5. The number of alkyl halides is 1. The van der Waals surface area contributed by atoms with Crippen molar-refractivity contribution in [2.45, 2.75) is 68.6 Å². The smallest absolute Gasteiger partial charge is 0.0737 e. The zero-order chi connectivity index (χ0) is 16.4. The summed E-state index contributed by atoms with van der Waals surface area (Å²) in [5.41, 5.74) is 7.32. The van der Waals surface area contributed by atoms with Crippen LogP contribution in [0, 0.1) is 17.8 Å². The number of halogens is 1. The third-order valence-corrected chi connectivity index (χ3v) is 7.11. The minimum atomic E-state index is 0.363. The minimum Gasteiger partial charge on any atom is -0.377 e. The summed E-state index contributed by atoms with van der Waals surface area (Å²) >= 11 is 6.31. The summed E-state index contributed by atoms with van der Waals surface area (Å²) in [5, 5.41) is 7.78. The van der Waals surface area contributed by atoms with E-state index in [0.29, 0.717) is 35.5 Å². The Bertz CT molecular complexity index is 398. The van der Waals surface area contributed by atoms with Crippen LogP contribution in [0.3, 0.4) is 0 Å². The van der Waals surface area contributed by atoms with Crippen molar-refractivity contribution in [1.82, 2.24) is 21.5 Å². The molecule has 24 heavy (non-hydrogen) atoms. The van der Waals surface area contributed by atoms with Crippen molar-refractivity contribution < 1.29 is 4.74 Å². The molecule has 5 atom stereocenters. The van der Waals surface area contributed by atoms with Crippen LogP contribution < -0.4 is 21.5 Å². The second-order valence-corrected chi connectivity index (χ2v) is 8.79. The van der Waals surface area contributed by atoms with Crippen LogP contribution in [0.15, 0.2) is 0 Å². The first kappa shape index (κ1) is 17.5. The highest BCUT2D eigenvalue weighted by atomic mass is 35.5. The molecular formula is C18H33ClN4O. The van der Waals surface area contributed by atoms with Crippen molar-refractivity contribution in [3.8, 4) is 0 Å². The third kappa shape index (κ3) is 3.92. The summed E-state index contributed by atoms with van der Waals surface area (Å²) in [7, 11) is 0. The maximum absolute atomic E-state index is 6.31. The molecule has 0 aromatic rings. The molecule has 0 amide bonds. The summed E-state index contributed by atoms with van der Waals surface area (Å²) in [5.74, 6) is 2.17. The lowest BCUT2D eigenvalue weighted by Gasteiger charge is -2.50. The van der Waals surface area contributed by atoms with E-state index in [9.17, 15) is 0 Å². The van der Waals surface area contributed by atoms with Gasteiger partial charge in [0, 0.05) is 24.6 Å². The van der Waals surface area contributed by atoms with Gasteiger partial charge in [0.05, 0.1) is 12.3 Å². The van der Waals surface area contributed by atoms with Crippen LogP contribution in [0.2, 0.25) is 0 Å². The van der Waals surface area contributed by atoms with E-state index in [1.165, 1.54) is 44.9 Å². The molecule has 3 aliphatic heterocycles. The number of piperidine rings is 1. The van der Waals surface area contributed by atoms with Crippen LogP contribution >= 0.6 is 11.6 Å². The summed E-state index contributed by atoms with van der Waals surface area (Å²) < 4.78 is 5.77. The first-order valence-electron chi connectivity index (χ1n) is 10.0. The average Bonchev–Trinajstić information content (AvgIpc) is 3.14. The Morgan fingerprint density at radius 2 is 1.88 bits per heavy atom. The van der Waals surface area contributed by atoms with Gasteiger partial charge in [-0.2, -0.15) is 0 Å². The molecule has 3 heterocycles. The van der Waals surface area contributed by atoms with Gasteiger partial charge in [-0.15, -0.1) is 11.6 Å². The lowest BCUT2D eigenvalue weighted by molar-refractivity contribution is 0.0251. The molecule has 4 unspecified atom stereocenters. The maximum Gasteiger partial charge on any atom is 0.0737 e. The number of fused-ring (bicyclic) bond motifs is 1. The Morgan fingerprint density at radius 1 is 1.00 bits per heavy atom. The lowest BCUT2D eigenvalue weighted by atomic mass is 9.70. The molecule has 3 saturated heterocycles. The molecule has 138 valence electrons. The molecule has 6 heteroatoms. The van der Waals surface area contributed by atoms with Gasteiger partial charge in [-0.3, -0.25) is 10.7 Å². The molecule has 4 N–H and O–H groups in total. The highest BCUT2D eigenvalue weighted by molar-refractivity contribution is 6.20. The van der Waals surface area contributed by atoms with Crippen LogP contribution in [0.1, 0.15) is 44.9 Å². The van der Waals surface area contributed by atoms with Crippen LogP contribution in [0.25, 0.3) is 0 Å². The van der Waals surface area contributed by atoms with Gasteiger partial charge in [0.1, 0.15) is 0 Å². The zero-order valence-corrected chi connectivity index (χ0v) is 15.4. The number of hydrazine groups is 1. The van der Waals surface area contributed by atoms with Crippen LogP contribution in [-0.2, 0) is 4.74 Å². The van der Waals surface area contributed by atoms with E-state index in [4.69, 9.17) is 16.3 Å². The molecule has 1 aliphatic carbocycles.